The van der Waals surface area contributed by atoms with E-state index in [2.05, 4.69) is 22.6 Å². The number of ether oxygens (including phenoxy) is 1. The molecule has 1 unspecified atom stereocenters. The molecule has 0 radical (unpaired) electrons. The van der Waals surface area contributed by atoms with E-state index in [1.807, 2.05) is 0 Å². The van der Waals surface area contributed by atoms with Gasteiger partial charge in [-0.15, -0.1) is 6.42 Å². The van der Waals surface area contributed by atoms with Crippen molar-refractivity contribution in [1.29, 1.82) is 0 Å². The Kier molecular flexibility index (Phi) is 6.25. The third kappa shape index (κ3) is 4.07. The van der Waals surface area contributed by atoms with Crippen LogP contribution < -0.4 is 9.64 Å². The van der Waals surface area contributed by atoms with Gasteiger partial charge in [-0.25, -0.2) is 13.8 Å². The van der Waals surface area contributed by atoms with Crippen molar-refractivity contribution >= 4 is 27.5 Å². The van der Waals surface area contributed by atoms with E-state index in [1.54, 1.807) is 0 Å². The van der Waals surface area contributed by atoms with Crippen LogP contribution in [-0.2, 0) is 6.42 Å². The molecule has 2 aromatic heterocycles. The summed E-state index contributed by atoms with van der Waals surface area (Å²) in [5.74, 6) is 1.74. The number of halogens is 2. The smallest absolute Gasteiger partial charge is 0.319 e. The number of rotatable bonds is 4. The lowest BCUT2D eigenvalue weighted by molar-refractivity contribution is 0.107. The molecule has 4 aliphatic rings. The van der Waals surface area contributed by atoms with Gasteiger partial charge in [0.1, 0.15) is 35.2 Å². The Labute approximate surface area is 255 Å². The van der Waals surface area contributed by atoms with Crippen molar-refractivity contribution in [2.75, 3.05) is 31.1 Å². The Hall–Kier alpha value is -4.03. The third-order valence-corrected chi connectivity index (χ3v) is 10.7. The van der Waals surface area contributed by atoms with Crippen LogP contribution in [0.15, 0.2) is 24.3 Å². The summed E-state index contributed by atoms with van der Waals surface area (Å²) in [6.45, 7) is 5.67. The first kappa shape index (κ1) is 27.5. The fraction of sp³-hybridized carbons (Fsp3) is 0.457. The molecule has 9 heteroatoms. The number of aryl methyl sites for hydroxylation is 1. The van der Waals surface area contributed by atoms with Gasteiger partial charge in [-0.3, -0.25) is 4.90 Å². The molecule has 226 valence electrons. The number of hydrogen-bond acceptors (Lipinski definition) is 7. The molecule has 2 aromatic carbocycles. The van der Waals surface area contributed by atoms with Gasteiger partial charge in [-0.05, 0) is 101 Å². The Morgan fingerprint density at radius 1 is 0.977 bits per heavy atom. The zero-order chi connectivity index (χ0) is 30.2. The van der Waals surface area contributed by atoms with Gasteiger partial charge in [-0.2, -0.15) is 9.97 Å². The van der Waals surface area contributed by atoms with E-state index in [0.29, 0.717) is 40.7 Å². The zero-order valence-electron chi connectivity index (χ0n) is 24.9. The Balaban J connectivity index is 1.36. The van der Waals surface area contributed by atoms with E-state index in [9.17, 15) is 9.50 Å². The molecule has 44 heavy (non-hydrogen) atoms. The van der Waals surface area contributed by atoms with Crippen molar-refractivity contribution in [3.8, 4) is 35.4 Å². The molecular weight excluding hydrogens is 560 g/mol. The van der Waals surface area contributed by atoms with Crippen LogP contribution in [0.5, 0.6) is 11.8 Å². The predicted molar refractivity (Wildman–Crippen MR) is 166 cm³/mol. The van der Waals surface area contributed by atoms with Crippen molar-refractivity contribution in [1.82, 2.24) is 19.9 Å². The van der Waals surface area contributed by atoms with Crippen LogP contribution in [0.25, 0.3) is 32.9 Å². The number of phenolic OH excluding ortho intramolecular Hbond substituents is 1. The van der Waals surface area contributed by atoms with Gasteiger partial charge >= 0.3 is 6.01 Å². The quantitative estimate of drug-likeness (QED) is 0.270. The van der Waals surface area contributed by atoms with Crippen molar-refractivity contribution in [2.24, 2.45) is 0 Å². The Morgan fingerprint density at radius 3 is 2.59 bits per heavy atom. The maximum Gasteiger partial charge on any atom is 0.319 e. The van der Waals surface area contributed by atoms with Gasteiger partial charge in [0.2, 0.25) is 0 Å². The summed E-state index contributed by atoms with van der Waals surface area (Å²) in [6, 6.07) is 5.85. The number of hydrogen-bond donors (Lipinski definition) is 1. The van der Waals surface area contributed by atoms with Crippen molar-refractivity contribution in [2.45, 2.75) is 75.8 Å². The first-order valence-corrected chi connectivity index (χ1v) is 15.8. The number of nitrogens with zero attached hydrogens (tertiary/aromatic N) is 5. The minimum Gasteiger partial charge on any atom is -0.508 e. The fourth-order valence-electron chi connectivity index (χ4n) is 8.43. The first-order chi connectivity index (χ1) is 21.3. The van der Waals surface area contributed by atoms with E-state index >= 15 is 4.39 Å². The van der Waals surface area contributed by atoms with Crippen LogP contribution in [-0.4, -0.2) is 62.3 Å². The SMILES string of the molecule is C#Cc1c(F)ccc2cc(O)cc(-c3nc4c5c(nc(OCC67CCCN6CCC7)nc5c3F)N3CCCCC3(C)CC4)c12. The number of piperidine rings is 1. The van der Waals surface area contributed by atoms with Crippen LogP contribution in [0, 0.1) is 24.0 Å². The lowest BCUT2D eigenvalue weighted by Gasteiger charge is -2.45. The molecule has 0 spiro atoms. The first-order valence-electron chi connectivity index (χ1n) is 15.8. The Bertz CT molecular complexity index is 1880. The van der Waals surface area contributed by atoms with E-state index in [4.69, 9.17) is 26.1 Å². The monoisotopic (exact) mass is 595 g/mol. The lowest BCUT2D eigenvalue weighted by atomic mass is 9.85. The zero-order valence-corrected chi connectivity index (χ0v) is 24.9. The standard InChI is InChI=1S/C35H35F2N5O2/c1-3-23-25(36)9-8-21-18-22(43)19-24(27(21)23)30-29(37)31-28-26(38-30)10-14-34(2)11-4-5-17-42(34)32(28)40-33(39-31)44-20-35-12-6-15-41(35)16-7-13-35/h1,8-9,18-19,43H,4-7,10-17,20H2,2H3. The van der Waals surface area contributed by atoms with Crippen LogP contribution >= 0.6 is 0 Å². The molecule has 0 bridgehead atoms. The van der Waals surface area contributed by atoms with Gasteiger partial charge < -0.3 is 14.7 Å². The van der Waals surface area contributed by atoms with Crippen molar-refractivity contribution in [3.05, 3.63) is 47.2 Å². The molecule has 0 amide bonds. The minimum absolute atomic E-state index is 0.00126. The van der Waals surface area contributed by atoms with E-state index < -0.39 is 11.6 Å². The third-order valence-electron chi connectivity index (χ3n) is 10.7. The second-order valence-electron chi connectivity index (χ2n) is 13.2. The van der Waals surface area contributed by atoms with Crippen LogP contribution in [0.2, 0.25) is 0 Å². The summed E-state index contributed by atoms with van der Waals surface area (Å²) in [5, 5.41) is 12.1. The lowest BCUT2D eigenvalue weighted by Crippen LogP contribution is -2.50. The highest BCUT2D eigenvalue weighted by atomic mass is 19.1. The van der Waals surface area contributed by atoms with Gasteiger partial charge in [0.25, 0.3) is 0 Å². The maximum absolute atomic E-state index is 17.0. The second-order valence-corrected chi connectivity index (χ2v) is 13.2. The summed E-state index contributed by atoms with van der Waals surface area (Å²) in [4.78, 5) is 19.4. The molecule has 3 saturated heterocycles. The van der Waals surface area contributed by atoms with Crippen molar-refractivity contribution in [3.63, 3.8) is 0 Å². The molecule has 3 fully saturated rings. The van der Waals surface area contributed by atoms with Crippen LogP contribution in [0.3, 0.4) is 0 Å². The maximum atomic E-state index is 17.0. The summed E-state index contributed by atoms with van der Waals surface area (Å²) in [6.07, 6.45) is 14.7. The van der Waals surface area contributed by atoms with Crippen LogP contribution in [0.4, 0.5) is 14.6 Å². The highest BCUT2D eigenvalue weighted by molar-refractivity contribution is 6.03. The number of terminal acetylenes is 1. The highest BCUT2D eigenvalue weighted by Gasteiger charge is 2.45. The largest absolute Gasteiger partial charge is 0.508 e. The molecule has 1 N–H and O–H groups in total. The number of anilines is 1. The number of fused-ring (bicyclic) bond motifs is 4. The fourth-order valence-corrected chi connectivity index (χ4v) is 8.43. The van der Waals surface area contributed by atoms with E-state index in [1.165, 1.54) is 24.3 Å². The summed E-state index contributed by atoms with van der Waals surface area (Å²) >= 11 is 0. The topological polar surface area (TPSA) is 74.6 Å². The summed E-state index contributed by atoms with van der Waals surface area (Å²) in [5.41, 5.74) is 0.826. The predicted octanol–water partition coefficient (Wildman–Crippen LogP) is 6.51. The number of aromatic hydroxyl groups is 1. The molecule has 1 atom stereocenters. The molecule has 4 aromatic rings. The molecule has 6 heterocycles. The van der Waals surface area contributed by atoms with Crippen molar-refractivity contribution < 1.29 is 18.6 Å². The average molecular weight is 596 g/mol. The normalized spacial score (nSPS) is 22.5. The Morgan fingerprint density at radius 2 is 1.80 bits per heavy atom. The number of phenols is 1. The summed E-state index contributed by atoms with van der Waals surface area (Å²) in [7, 11) is 0. The molecule has 0 aliphatic carbocycles. The van der Waals surface area contributed by atoms with Gasteiger partial charge in [0.05, 0.1) is 22.2 Å². The second kappa shape index (κ2) is 10.00. The molecule has 7 nitrogen and oxygen atoms in total. The highest BCUT2D eigenvalue weighted by Crippen LogP contribution is 2.46. The molecule has 4 aliphatic heterocycles. The van der Waals surface area contributed by atoms with Crippen LogP contribution in [0.1, 0.15) is 69.5 Å². The minimum atomic E-state index is -0.668. The van der Waals surface area contributed by atoms with E-state index in [-0.39, 0.29) is 45.2 Å². The van der Waals surface area contributed by atoms with E-state index in [0.717, 1.165) is 71.0 Å². The molecular formula is C35H35F2N5O2. The summed E-state index contributed by atoms with van der Waals surface area (Å²) < 4.78 is 38.3. The number of benzene rings is 2. The molecule has 0 saturated carbocycles. The van der Waals surface area contributed by atoms with Gasteiger partial charge in [-0.1, -0.05) is 12.0 Å². The van der Waals surface area contributed by atoms with Gasteiger partial charge in [0.15, 0.2) is 5.82 Å². The van der Waals surface area contributed by atoms with Gasteiger partial charge in [0, 0.05) is 23.0 Å². The number of aromatic nitrogens is 3. The average Bonchev–Trinajstić information content (AvgIpc) is 3.57. The number of pyridine rings is 1. The molecule has 8 rings (SSSR count).